The summed E-state index contributed by atoms with van der Waals surface area (Å²) in [6, 6.07) is -0.245. The van der Waals surface area contributed by atoms with Crippen LogP contribution in [0.2, 0.25) is 0 Å². The van der Waals surface area contributed by atoms with Crippen LogP contribution in [0, 0.1) is 5.41 Å². The van der Waals surface area contributed by atoms with E-state index in [2.05, 4.69) is 36.4 Å². The topological polar surface area (TPSA) is 50.4 Å². The molecule has 0 atom stereocenters. The Kier molecular flexibility index (Phi) is 12.5. The van der Waals surface area contributed by atoms with E-state index in [9.17, 15) is 4.79 Å². The summed E-state index contributed by atoms with van der Waals surface area (Å²) in [4.78, 5) is 16.1. The average molecular weight is 300 g/mol. The van der Waals surface area contributed by atoms with E-state index in [0.29, 0.717) is 0 Å². The zero-order chi connectivity index (χ0) is 16.0. The van der Waals surface area contributed by atoms with Crippen LogP contribution in [0.4, 0.5) is 4.79 Å². The lowest BCUT2D eigenvalue weighted by molar-refractivity contribution is 0.104. The normalized spacial score (nSPS) is 11.4. The molecule has 2 amide bonds. The highest BCUT2D eigenvalue weighted by molar-refractivity contribution is 5.72. The van der Waals surface area contributed by atoms with Gasteiger partial charge in [0.25, 0.3) is 0 Å². The van der Waals surface area contributed by atoms with Crippen LogP contribution in [0.1, 0.15) is 85.0 Å². The molecule has 0 fully saturated rings. The first-order valence-corrected chi connectivity index (χ1v) is 8.64. The van der Waals surface area contributed by atoms with Crippen molar-refractivity contribution < 1.29 is 9.63 Å². The minimum Gasteiger partial charge on any atom is -0.336 e. The molecule has 0 spiro atoms. The Morgan fingerprint density at radius 1 is 0.952 bits per heavy atom. The van der Waals surface area contributed by atoms with Crippen LogP contribution in [0.5, 0.6) is 0 Å². The summed E-state index contributed by atoms with van der Waals surface area (Å²) in [5.41, 5.74) is 2.52. The zero-order valence-electron chi connectivity index (χ0n) is 14.6. The van der Waals surface area contributed by atoms with Crippen molar-refractivity contribution in [3.8, 4) is 0 Å². The van der Waals surface area contributed by atoms with Gasteiger partial charge in [-0.15, -0.1) is 0 Å². The lowest BCUT2D eigenvalue weighted by atomic mass is 9.79. The lowest BCUT2D eigenvalue weighted by Crippen LogP contribution is -2.41. The van der Waals surface area contributed by atoms with Crippen molar-refractivity contribution in [1.29, 1.82) is 0 Å². The number of carbonyl (C=O) groups is 1. The number of rotatable bonds is 13. The van der Waals surface area contributed by atoms with Gasteiger partial charge in [-0.1, -0.05) is 72.1 Å². The Hall–Kier alpha value is -0.770. The maximum atomic E-state index is 11.5. The van der Waals surface area contributed by atoms with Gasteiger partial charge in [0.05, 0.1) is 7.11 Å². The van der Waals surface area contributed by atoms with Crippen LogP contribution in [0.3, 0.4) is 0 Å². The fourth-order valence-corrected chi connectivity index (χ4v) is 2.68. The van der Waals surface area contributed by atoms with Gasteiger partial charge in [-0.2, -0.15) is 0 Å². The maximum Gasteiger partial charge on any atom is 0.338 e. The van der Waals surface area contributed by atoms with Gasteiger partial charge in [0.15, 0.2) is 0 Å². The molecule has 0 rings (SSSR count). The van der Waals surface area contributed by atoms with Crippen molar-refractivity contribution in [1.82, 2.24) is 10.8 Å². The quantitative estimate of drug-likeness (QED) is 0.379. The third-order valence-electron chi connectivity index (χ3n) is 4.14. The van der Waals surface area contributed by atoms with Crippen LogP contribution >= 0.6 is 0 Å². The number of hydroxylamine groups is 1. The van der Waals surface area contributed by atoms with Gasteiger partial charge in [0.2, 0.25) is 0 Å². The van der Waals surface area contributed by atoms with Gasteiger partial charge in [0, 0.05) is 6.54 Å². The van der Waals surface area contributed by atoms with Crippen LogP contribution < -0.4 is 10.8 Å². The van der Waals surface area contributed by atoms with E-state index in [1.54, 1.807) is 0 Å². The molecule has 4 heteroatoms. The minimum absolute atomic E-state index is 0.201. The highest BCUT2D eigenvalue weighted by atomic mass is 16.6. The second-order valence-corrected chi connectivity index (χ2v) is 6.42. The second-order valence-electron chi connectivity index (χ2n) is 6.42. The highest BCUT2D eigenvalue weighted by Crippen LogP contribution is 2.30. The second kappa shape index (κ2) is 12.9. The molecule has 21 heavy (non-hydrogen) atoms. The summed E-state index contributed by atoms with van der Waals surface area (Å²) < 4.78 is 0. The number of unbranched alkanes of at least 4 members (excludes halogenated alkanes) is 6. The molecule has 2 N–H and O–H groups in total. The fraction of sp³-hybridized carbons (Fsp3) is 0.941. The molecular weight excluding hydrogens is 264 g/mol. The molecule has 0 heterocycles. The van der Waals surface area contributed by atoms with Crippen LogP contribution in [-0.2, 0) is 4.84 Å². The summed E-state index contributed by atoms with van der Waals surface area (Å²) in [6.45, 7) is 7.50. The molecule has 0 saturated heterocycles. The van der Waals surface area contributed by atoms with Crippen molar-refractivity contribution in [2.45, 2.75) is 85.0 Å². The zero-order valence-corrected chi connectivity index (χ0v) is 14.6. The van der Waals surface area contributed by atoms with Crippen molar-refractivity contribution in [3.05, 3.63) is 0 Å². The molecule has 0 aliphatic carbocycles. The third-order valence-corrected chi connectivity index (χ3v) is 4.14. The first-order chi connectivity index (χ1) is 10.1. The number of carbonyl (C=O) groups excluding carboxylic acids is 1. The first-order valence-electron chi connectivity index (χ1n) is 8.64. The molecule has 0 saturated carbocycles. The van der Waals surface area contributed by atoms with Gasteiger partial charge in [-0.3, -0.25) is 4.84 Å². The summed E-state index contributed by atoms with van der Waals surface area (Å²) in [5, 5.41) is 2.93. The number of hydrogen-bond acceptors (Lipinski definition) is 2. The van der Waals surface area contributed by atoms with E-state index in [4.69, 9.17) is 0 Å². The van der Waals surface area contributed by atoms with Crippen LogP contribution in [0.15, 0.2) is 0 Å². The smallest absolute Gasteiger partial charge is 0.336 e. The highest BCUT2D eigenvalue weighted by Gasteiger charge is 2.24. The number of hydrogen-bond donors (Lipinski definition) is 2. The Morgan fingerprint density at radius 3 is 1.90 bits per heavy atom. The number of urea groups is 1. The molecule has 126 valence electrons. The van der Waals surface area contributed by atoms with Crippen molar-refractivity contribution >= 4 is 6.03 Å². The Bertz CT molecular complexity index is 245. The fourth-order valence-electron chi connectivity index (χ4n) is 2.68. The van der Waals surface area contributed by atoms with Crippen molar-refractivity contribution in [3.63, 3.8) is 0 Å². The Balaban J connectivity index is 4.19. The van der Waals surface area contributed by atoms with E-state index in [0.717, 1.165) is 6.54 Å². The molecular formula is C17H36N2O2. The summed E-state index contributed by atoms with van der Waals surface area (Å²) in [5.74, 6) is 0. The van der Waals surface area contributed by atoms with E-state index in [1.165, 1.54) is 71.3 Å². The molecule has 0 aromatic heterocycles. The van der Waals surface area contributed by atoms with Crippen LogP contribution in [0.25, 0.3) is 0 Å². The van der Waals surface area contributed by atoms with Gasteiger partial charge >= 0.3 is 6.03 Å². The predicted octanol–water partition coefficient (Wildman–Crippen LogP) is 4.79. The minimum atomic E-state index is -0.245. The van der Waals surface area contributed by atoms with E-state index >= 15 is 0 Å². The largest absolute Gasteiger partial charge is 0.338 e. The van der Waals surface area contributed by atoms with Crippen molar-refractivity contribution in [2.75, 3.05) is 13.7 Å². The third kappa shape index (κ3) is 11.6. The monoisotopic (exact) mass is 300 g/mol. The maximum absolute atomic E-state index is 11.5. The molecule has 0 radical (unpaired) electrons. The summed E-state index contributed by atoms with van der Waals surface area (Å²) >= 11 is 0. The standard InChI is InChI=1S/C17H36N2O2/c1-5-7-9-11-13-17(3,14-12-10-8-6-2)15-18-16(20)19-21-4/h5-15H2,1-4H3,(H2,18,19,20). The number of nitrogens with one attached hydrogen (secondary N) is 2. The van der Waals surface area contributed by atoms with E-state index < -0.39 is 0 Å². The average Bonchev–Trinajstić information content (AvgIpc) is 2.47. The van der Waals surface area contributed by atoms with Crippen molar-refractivity contribution in [2.24, 2.45) is 5.41 Å². The van der Waals surface area contributed by atoms with Gasteiger partial charge in [-0.05, 0) is 18.3 Å². The van der Waals surface area contributed by atoms with Gasteiger partial charge in [-0.25, -0.2) is 10.3 Å². The molecule has 4 nitrogen and oxygen atoms in total. The molecule has 0 aliphatic heterocycles. The molecule has 0 bridgehead atoms. The van der Waals surface area contributed by atoms with Crippen LogP contribution in [-0.4, -0.2) is 19.7 Å². The number of amides is 2. The Labute approximate surface area is 131 Å². The molecule has 0 unspecified atom stereocenters. The van der Waals surface area contributed by atoms with E-state index in [1.807, 2.05) is 0 Å². The molecule has 0 aromatic rings. The molecule has 0 aromatic carbocycles. The summed E-state index contributed by atoms with van der Waals surface area (Å²) in [7, 11) is 1.45. The lowest BCUT2D eigenvalue weighted by Gasteiger charge is -2.30. The summed E-state index contributed by atoms with van der Waals surface area (Å²) in [6.07, 6.45) is 12.6. The predicted molar refractivity (Wildman–Crippen MR) is 89.2 cm³/mol. The molecule has 0 aliphatic rings. The van der Waals surface area contributed by atoms with Gasteiger partial charge < -0.3 is 5.32 Å². The van der Waals surface area contributed by atoms with Gasteiger partial charge in [0.1, 0.15) is 0 Å². The SMILES string of the molecule is CCCCCCC(C)(CCCCCC)CNC(=O)NOC. The van der Waals surface area contributed by atoms with E-state index in [-0.39, 0.29) is 11.4 Å². The first kappa shape index (κ1) is 20.2. The Morgan fingerprint density at radius 2 is 1.48 bits per heavy atom.